The number of hydrogen-bond donors (Lipinski definition) is 3. The molecule has 2 saturated heterocycles. The van der Waals surface area contributed by atoms with Crippen molar-refractivity contribution < 1.29 is 14.4 Å². The monoisotopic (exact) mass is 543 g/mol. The molecule has 2 aliphatic rings. The molecular formula is C27H34N3O3PS2. The topological polar surface area (TPSA) is 87.3 Å². The fourth-order valence-corrected chi connectivity index (χ4v) is 10.0. The summed E-state index contributed by atoms with van der Waals surface area (Å²) in [5.41, 5.74) is 0.773. The van der Waals surface area contributed by atoms with Gasteiger partial charge in [0.25, 0.3) is 0 Å². The van der Waals surface area contributed by atoms with Crippen LogP contribution in [-0.2, 0) is 9.59 Å². The van der Waals surface area contributed by atoms with E-state index >= 15 is 0 Å². The molecule has 2 heterocycles. The molecule has 4 rings (SSSR count). The third kappa shape index (κ3) is 7.99. The van der Waals surface area contributed by atoms with Gasteiger partial charge in [0.15, 0.2) is 5.12 Å². The van der Waals surface area contributed by atoms with E-state index in [0.29, 0.717) is 31.1 Å². The van der Waals surface area contributed by atoms with Crippen LogP contribution >= 0.6 is 31.4 Å². The summed E-state index contributed by atoms with van der Waals surface area (Å²) in [5.74, 6) is 1.02. The molecule has 192 valence electrons. The van der Waals surface area contributed by atoms with E-state index < -0.39 is 7.92 Å². The van der Waals surface area contributed by atoms with Gasteiger partial charge in [0.2, 0.25) is 5.91 Å². The maximum atomic E-state index is 12.5. The van der Waals surface area contributed by atoms with Crippen molar-refractivity contribution in [3.63, 3.8) is 0 Å². The second-order valence-electron chi connectivity index (χ2n) is 9.07. The smallest absolute Gasteiger partial charge is 0.315 e. The van der Waals surface area contributed by atoms with E-state index in [4.69, 9.17) is 0 Å². The van der Waals surface area contributed by atoms with E-state index in [1.165, 1.54) is 22.4 Å². The molecule has 2 aromatic carbocycles. The van der Waals surface area contributed by atoms with Gasteiger partial charge >= 0.3 is 6.03 Å². The van der Waals surface area contributed by atoms with Gasteiger partial charge in [-0.1, -0.05) is 78.8 Å². The van der Waals surface area contributed by atoms with Gasteiger partial charge in [-0.2, -0.15) is 11.8 Å². The van der Waals surface area contributed by atoms with Crippen molar-refractivity contribution in [2.45, 2.75) is 55.9 Å². The number of thioether (sulfide) groups is 2. The molecule has 3 atom stereocenters. The van der Waals surface area contributed by atoms with Crippen molar-refractivity contribution >= 4 is 59.1 Å². The molecule has 0 bridgehead atoms. The Morgan fingerprint density at radius 1 is 0.944 bits per heavy atom. The van der Waals surface area contributed by atoms with Crippen LogP contribution in [0, 0.1) is 0 Å². The molecule has 9 heteroatoms. The van der Waals surface area contributed by atoms with Gasteiger partial charge in [0.1, 0.15) is 0 Å². The summed E-state index contributed by atoms with van der Waals surface area (Å²) in [6.45, 7) is 0.539. The molecule has 2 fully saturated rings. The summed E-state index contributed by atoms with van der Waals surface area (Å²) in [6.07, 6.45) is 4.49. The Bertz CT molecular complexity index is 972. The first-order chi connectivity index (χ1) is 17.6. The van der Waals surface area contributed by atoms with Crippen LogP contribution in [-0.4, -0.2) is 52.2 Å². The largest absolute Gasteiger partial charge is 0.356 e. The van der Waals surface area contributed by atoms with Crippen molar-refractivity contribution in [1.29, 1.82) is 0 Å². The Labute approximate surface area is 223 Å². The van der Waals surface area contributed by atoms with Gasteiger partial charge in [0.05, 0.1) is 12.1 Å². The first-order valence-corrected chi connectivity index (χ1v) is 16.1. The highest BCUT2D eigenvalue weighted by atomic mass is 32.2. The Hall–Kier alpha value is -2.02. The summed E-state index contributed by atoms with van der Waals surface area (Å²) >= 11 is 3.32. The number of rotatable bonds is 13. The van der Waals surface area contributed by atoms with Crippen LogP contribution in [0.1, 0.15) is 38.5 Å². The lowest BCUT2D eigenvalue weighted by Gasteiger charge is -2.18. The summed E-state index contributed by atoms with van der Waals surface area (Å²) in [4.78, 5) is 36.2. The number of fused-ring (bicyclic) bond motifs is 1. The molecule has 0 aliphatic carbocycles. The molecular weight excluding hydrogens is 509 g/mol. The molecule has 36 heavy (non-hydrogen) atoms. The van der Waals surface area contributed by atoms with Crippen LogP contribution < -0.4 is 26.6 Å². The van der Waals surface area contributed by atoms with Crippen LogP contribution in [0.25, 0.3) is 0 Å². The van der Waals surface area contributed by atoms with Crippen molar-refractivity contribution in [1.82, 2.24) is 16.0 Å². The fourth-order valence-electron chi connectivity index (χ4n) is 4.55. The van der Waals surface area contributed by atoms with Crippen molar-refractivity contribution in [3.05, 3.63) is 60.7 Å². The molecule has 2 aromatic rings. The second-order valence-corrected chi connectivity index (χ2v) is 14.0. The quantitative estimate of drug-likeness (QED) is 0.202. The second kappa shape index (κ2) is 14.1. The molecule has 6 nitrogen and oxygen atoms in total. The van der Waals surface area contributed by atoms with Crippen LogP contribution in [0.15, 0.2) is 60.7 Å². The Morgan fingerprint density at radius 3 is 2.33 bits per heavy atom. The number of hydrogen-bond acceptors (Lipinski definition) is 5. The number of nitrogens with one attached hydrogen (secondary N) is 3. The molecule has 3 unspecified atom stereocenters. The lowest BCUT2D eigenvalue weighted by Crippen LogP contribution is -2.36. The van der Waals surface area contributed by atoms with Gasteiger partial charge in [0, 0.05) is 35.9 Å². The highest BCUT2D eigenvalue weighted by Gasteiger charge is 2.42. The van der Waals surface area contributed by atoms with Gasteiger partial charge in [-0.15, -0.1) is 0 Å². The summed E-state index contributed by atoms with van der Waals surface area (Å²) in [6, 6.07) is 21.3. The van der Waals surface area contributed by atoms with Gasteiger partial charge in [-0.25, -0.2) is 4.79 Å². The van der Waals surface area contributed by atoms with E-state index in [0.717, 1.165) is 30.5 Å². The third-order valence-corrected chi connectivity index (χ3v) is 11.9. The fraction of sp³-hybridized carbons (Fsp3) is 0.444. The summed E-state index contributed by atoms with van der Waals surface area (Å²) in [7, 11) is -0.583. The first-order valence-electron chi connectivity index (χ1n) is 12.6. The molecule has 0 saturated carbocycles. The maximum absolute atomic E-state index is 12.5. The van der Waals surface area contributed by atoms with Crippen molar-refractivity contribution in [2.75, 3.05) is 17.8 Å². The minimum Gasteiger partial charge on any atom is -0.356 e. The Kier molecular flexibility index (Phi) is 10.6. The molecule has 0 aromatic heterocycles. The summed E-state index contributed by atoms with van der Waals surface area (Å²) in [5, 5.41) is 12.1. The molecule has 3 N–H and O–H groups in total. The molecule has 0 radical (unpaired) electrons. The number of amides is 3. The molecule has 0 spiro atoms. The number of benzene rings is 2. The predicted octanol–water partition coefficient (Wildman–Crippen LogP) is 3.96. The number of carbonyl (C=O) groups is 3. The van der Waals surface area contributed by atoms with Gasteiger partial charge in [-0.05, 0) is 37.8 Å². The first kappa shape index (κ1) is 27.0. The third-order valence-electron chi connectivity index (χ3n) is 6.45. The number of carbonyl (C=O) groups excluding carboxylic acids is 3. The predicted molar refractivity (Wildman–Crippen MR) is 153 cm³/mol. The van der Waals surface area contributed by atoms with Crippen molar-refractivity contribution in [3.8, 4) is 0 Å². The number of urea groups is 1. The average molecular weight is 544 g/mol. The van der Waals surface area contributed by atoms with E-state index in [-0.39, 0.29) is 29.1 Å². The Morgan fingerprint density at radius 2 is 1.64 bits per heavy atom. The van der Waals surface area contributed by atoms with Gasteiger partial charge < -0.3 is 16.0 Å². The van der Waals surface area contributed by atoms with E-state index in [1.54, 1.807) is 0 Å². The minimum atomic E-state index is -0.583. The highest BCUT2D eigenvalue weighted by molar-refractivity contribution is 8.18. The lowest BCUT2D eigenvalue weighted by molar-refractivity contribution is -0.121. The highest BCUT2D eigenvalue weighted by Crippen LogP contribution is 2.38. The maximum Gasteiger partial charge on any atom is 0.315 e. The molecule has 2 aliphatic heterocycles. The SMILES string of the molecule is O=C(CCCCC1SCC2NC(=O)NC21)NCCCC(=O)SCP(c1ccccc1)c1ccccc1. The summed E-state index contributed by atoms with van der Waals surface area (Å²) < 4.78 is 0. The Balaban J connectivity index is 1.08. The van der Waals surface area contributed by atoms with Crippen LogP contribution in [0.3, 0.4) is 0 Å². The standard InChI is InChI=1S/C27H34N3O3PS2/c31-24(15-8-7-14-23-26-22(18-35-23)29-27(33)30-26)28-17-9-16-25(32)36-19-34(20-10-3-1-4-11-20)21-12-5-2-6-13-21/h1-6,10-13,22-23,26H,7-9,14-19H2,(H,28,31)(H2,29,30,33). The van der Waals surface area contributed by atoms with Crippen LogP contribution in [0.2, 0.25) is 0 Å². The van der Waals surface area contributed by atoms with Gasteiger partial charge in [-0.3, -0.25) is 9.59 Å². The van der Waals surface area contributed by atoms with Crippen LogP contribution in [0.4, 0.5) is 4.79 Å². The van der Waals surface area contributed by atoms with Crippen LogP contribution in [0.5, 0.6) is 0 Å². The molecule has 3 amide bonds. The van der Waals surface area contributed by atoms with E-state index in [1.807, 2.05) is 23.9 Å². The minimum absolute atomic E-state index is 0.0552. The normalized spacial score (nSPS) is 20.6. The number of unbranched alkanes of at least 4 members (excludes halogenated alkanes) is 1. The zero-order valence-electron chi connectivity index (χ0n) is 20.4. The zero-order valence-corrected chi connectivity index (χ0v) is 22.9. The lowest BCUT2D eigenvalue weighted by atomic mass is 10.0. The zero-order chi connectivity index (χ0) is 25.2. The van der Waals surface area contributed by atoms with Crippen molar-refractivity contribution in [2.24, 2.45) is 0 Å². The average Bonchev–Trinajstić information content (AvgIpc) is 3.45. The van der Waals surface area contributed by atoms with E-state index in [9.17, 15) is 14.4 Å². The van der Waals surface area contributed by atoms with E-state index in [2.05, 4.69) is 64.5 Å².